The van der Waals surface area contributed by atoms with Crippen molar-refractivity contribution < 1.29 is 9.59 Å². The molecular formula is C10H17N3O2. The Morgan fingerprint density at radius 1 is 1.47 bits per heavy atom. The molecule has 0 aliphatic carbocycles. The molecule has 2 rings (SSSR count). The first-order valence-electron chi connectivity index (χ1n) is 5.36. The summed E-state index contributed by atoms with van der Waals surface area (Å²) < 4.78 is 0. The van der Waals surface area contributed by atoms with Crippen LogP contribution in [0.5, 0.6) is 0 Å². The maximum atomic E-state index is 12.0. The van der Waals surface area contributed by atoms with E-state index in [2.05, 4.69) is 10.6 Å². The second-order valence-corrected chi connectivity index (χ2v) is 4.54. The number of imide groups is 1. The third-order valence-electron chi connectivity index (χ3n) is 3.53. The number of nitrogens with zero attached hydrogens (tertiary/aromatic N) is 1. The van der Waals surface area contributed by atoms with Gasteiger partial charge in [-0.3, -0.25) is 9.69 Å². The highest BCUT2D eigenvalue weighted by atomic mass is 16.2. The minimum atomic E-state index is -0.709. The van der Waals surface area contributed by atoms with Crippen LogP contribution in [0.15, 0.2) is 0 Å². The monoisotopic (exact) mass is 211 g/mol. The van der Waals surface area contributed by atoms with Crippen molar-refractivity contribution in [2.24, 2.45) is 5.92 Å². The molecule has 0 aromatic heterocycles. The van der Waals surface area contributed by atoms with Crippen LogP contribution in [-0.4, -0.2) is 42.5 Å². The molecule has 2 aliphatic heterocycles. The molecule has 2 saturated heterocycles. The van der Waals surface area contributed by atoms with Crippen LogP contribution in [-0.2, 0) is 4.79 Å². The van der Waals surface area contributed by atoms with Gasteiger partial charge in [0.1, 0.15) is 5.54 Å². The van der Waals surface area contributed by atoms with Crippen molar-refractivity contribution in [3.05, 3.63) is 0 Å². The zero-order chi connectivity index (χ0) is 11.1. The van der Waals surface area contributed by atoms with E-state index in [1.165, 1.54) is 11.9 Å². The van der Waals surface area contributed by atoms with Gasteiger partial charge in [-0.25, -0.2) is 4.79 Å². The van der Waals surface area contributed by atoms with E-state index in [0.29, 0.717) is 0 Å². The van der Waals surface area contributed by atoms with Gasteiger partial charge in [-0.2, -0.15) is 0 Å². The fraction of sp³-hybridized carbons (Fsp3) is 0.800. The van der Waals surface area contributed by atoms with E-state index in [1.807, 2.05) is 6.92 Å². The van der Waals surface area contributed by atoms with Gasteiger partial charge >= 0.3 is 6.03 Å². The normalized spacial score (nSPS) is 36.9. The summed E-state index contributed by atoms with van der Waals surface area (Å²) in [6.45, 7) is 3.63. The molecule has 0 saturated carbocycles. The quantitative estimate of drug-likeness (QED) is 0.597. The average Bonchev–Trinajstić information content (AvgIpc) is 2.45. The van der Waals surface area contributed by atoms with Crippen LogP contribution < -0.4 is 10.6 Å². The SMILES string of the molecule is CN1C(=O)N[C@](C)([C@H]2CCCNC2)C1=O. The van der Waals surface area contributed by atoms with Crippen molar-refractivity contribution in [3.8, 4) is 0 Å². The number of carbonyl (C=O) groups is 2. The number of carbonyl (C=O) groups excluding carboxylic acids is 2. The fourth-order valence-electron chi connectivity index (χ4n) is 2.42. The number of urea groups is 1. The van der Waals surface area contributed by atoms with Crippen molar-refractivity contribution in [3.63, 3.8) is 0 Å². The standard InChI is InChI=1S/C10H17N3O2/c1-10(7-4-3-5-11-6-7)8(14)13(2)9(15)12-10/h7,11H,3-6H2,1-2H3,(H,12,15)/t7-,10+/m0/s1. The summed E-state index contributed by atoms with van der Waals surface area (Å²) in [5.74, 6) is 0.0915. The van der Waals surface area contributed by atoms with E-state index in [0.717, 1.165) is 25.9 Å². The van der Waals surface area contributed by atoms with Gasteiger partial charge in [0.25, 0.3) is 5.91 Å². The average molecular weight is 211 g/mol. The van der Waals surface area contributed by atoms with Gasteiger partial charge < -0.3 is 10.6 Å². The number of rotatable bonds is 1. The van der Waals surface area contributed by atoms with E-state index in [9.17, 15) is 9.59 Å². The summed E-state index contributed by atoms with van der Waals surface area (Å²) in [5.41, 5.74) is -0.709. The lowest BCUT2D eigenvalue weighted by Gasteiger charge is -2.34. The molecule has 0 radical (unpaired) electrons. The molecule has 2 fully saturated rings. The summed E-state index contributed by atoms with van der Waals surface area (Å²) in [4.78, 5) is 24.5. The lowest BCUT2D eigenvalue weighted by atomic mass is 9.80. The minimum Gasteiger partial charge on any atom is -0.323 e. The van der Waals surface area contributed by atoms with Gasteiger partial charge in [0.05, 0.1) is 0 Å². The van der Waals surface area contributed by atoms with E-state index >= 15 is 0 Å². The highest BCUT2D eigenvalue weighted by molar-refractivity contribution is 6.06. The Hall–Kier alpha value is -1.10. The Bertz CT molecular complexity index is 299. The molecule has 2 aliphatic rings. The Morgan fingerprint density at radius 3 is 2.67 bits per heavy atom. The van der Waals surface area contributed by atoms with Gasteiger partial charge in [0.2, 0.25) is 0 Å². The molecule has 84 valence electrons. The van der Waals surface area contributed by atoms with Gasteiger partial charge in [0, 0.05) is 19.5 Å². The molecule has 0 aromatic rings. The number of likely N-dealkylation sites (N-methyl/N-ethyl adjacent to an activating group) is 1. The fourth-order valence-corrected chi connectivity index (χ4v) is 2.42. The molecule has 0 bridgehead atoms. The second-order valence-electron chi connectivity index (χ2n) is 4.54. The second kappa shape index (κ2) is 3.48. The Labute approximate surface area is 89.2 Å². The highest BCUT2D eigenvalue weighted by Crippen LogP contribution is 2.29. The van der Waals surface area contributed by atoms with Gasteiger partial charge in [-0.1, -0.05) is 0 Å². The number of amides is 3. The van der Waals surface area contributed by atoms with Gasteiger partial charge in [0.15, 0.2) is 0 Å². The van der Waals surface area contributed by atoms with Crippen LogP contribution in [0.1, 0.15) is 19.8 Å². The lowest BCUT2D eigenvalue weighted by molar-refractivity contribution is -0.131. The van der Waals surface area contributed by atoms with Crippen LogP contribution in [0.4, 0.5) is 4.79 Å². The predicted molar refractivity (Wildman–Crippen MR) is 55.3 cm³/mol. The highest BCUT2D eigenvalue weighted by Gasteiger charge is 2.50. The Kier molecular flexibility index (Phi) is 2.42. The Balaban J connectivity index is 2.18. The summed E-state index contributed by atoms with van der Waals surface area (Å²) in [6, 6.07) is -0.284. The van der Waals surface area contributed by atoms with Crippen LogP contribution in [0, 0.1) is 5.92 Å². The first-order valence-corrected chi connectivity index (χ1v) is 5.36. The van der Waals surface area contributed by atoms with E-state index < -0.39 is 5.54 Å². The topological polar surface area (TPSA) is 61.4 Å². The van der Waals surface area contributed by atoms with Crippen molar-refractivity contribution in [2.75, 3.05) is 20.1 Å². The van der Waals surface area contributed by atoms with E-state index in [4.69, 9.17) is 0 Å². The summed E-state index contributed by atoms with van der Waals surface area (Å²) in [7, 11) is 1.53. The maximum Gasteiger partial charge on any atom is 0.324 e. The van der Waals surface area contributed by atoms with E-state index in [1.54, 1.807) is 0 Å². The number of nitrogens with one attached hydrogen (secondary N) is 2. The predicted octanol–water partition coefficient (Wildman–Crippen LogP) is -0.0737. The third kappa shape index (κ3) is 1.51. The zero-order valence-electron chi connectivity index (χ0n) is 9.17. The van der Waals surface area contributed by atoms with Crippen LogP contribution >= 0.6 is 0 Å². The summed E-state index contributed by atoms with van der Waals surface area (Å²) in [6.07, 6.45) is 2.05. The minimum absolute atomic E-state index is 0.110. The first kappa shape index (κ1) is 10.4. The molecule has 2 N–H and O–H groups in total. The van der Waals surface area contributed by atoms with E-state index in [-0.39, 0.29) is 17.9 Å². The summed E-state index contributed by atoms with van der Waals surface area (Å²) in [5, 5.41) is 6.06. The smallest absolute Gasteiger partial charge is 0.323 e. The van der Waals surface area contributed by atoms with Crippen molar-refractivity contribution >= 4 is 11.9 Å². The van der Waals surface area contributed by atoms with Gasteiger partial charge in [-0.15, -0.1) is 0 Å². The van der Waals surface area contributed by atoms with Crippen LogP contribution in [0.2, 0.25) is 0 Å². The van der Waals surface area contributed by atoms with Crippen molar-refractivity contribution in [1.29, 1.82) is 0 Å². The van der Waals surface area contributed by atoms with Gasteiger partial charge in [-0.05, 0) is 26.3 Å². The molecule has 2 heterocycles. The number of hydrogen-bond acceptors (Lipinski definition) is 3. The Morgan fingerprint density at radius 2 is 2.20 bits per heavy atom. The third-order valence-corrected chi connectivity index (χ3v) is 3.53. The molecule has 0 unspecified atom stereocenters. The van der Waals surface area contributed by atoms with Crippen LogP contribution in [0.25, 0.3) is 0 Å². The van der Waals surface area contributed by atoms with Crippen molar-refractivity contribution in [1.82, 2.24) is 15.5 Å². The number of piperidine rings is 1. The summed E-state index contributed by atoms with van der Waals surface area (Å²) >= 11 is 0. The van der Waals surface area contributed by atoms with Crippen molar-refractivity contribution in [2.45, 2.75) is 25.3 Å². The molecule has 5 heteroatoms. The molecule has 3 amide bonds. The van der Waals surface area contributed by atoms with Crippen LogP contribution in [0.3, 0.4) is 0 Å². The molecule has 5 nitrogen and oxygen atoms in total. The molecular weight excluding hydrogens is 194 g/mol. The number of hydrogen-bond donors (Lipinski definition) is 2. The molecule has 0 spiro atoms. The maximum absolute atomic E-state index is 12.0. The zero-order valence-corrected chi connectivity index (χ0v) is 9.17. The molecule has 15 heavy (non-hydrogen) atoms. The first-order chi connectivity index (χ1) is 7.05. The molecule has 0 aromatic carbocycles. The lowest BCUT2D eigenvalue weighted by Crippen LogP contribution is -2.55. The largest absolute Gasteiger partial charge is 0.324 e. The molecule has 2 atom stereocenters.